The Bertz CT molecular complexity index is 524. The minimum absolute atomic E-state index is 0.154. The van der Waals surface area contributed by atoms with Crippen LogP contribution in [0.2, 0.25) is 0 Å². The van der Waals surface area contributed by atoms with Gasteiger partial charge in [-0.05, 0) is 24.6 Å². The van der Waals surface area contributed by atoms with E-state index in [1.807, 2.05) is 17.0 Å². The van der Waals surface area contributed by atoms with Gasteiger partial charge in [0.2, 0.25) is 5.91 Å². The van der Waals surface area contributed by atoms with Crippen LogP contribution in [0.3, 0.4) is 0 Å². The van der Waals surface area contributed by atoms with Gasteiger partial charge in [-0.2, -0.15) is 5.26 Å². The number of hydrogen-bond donors (Lipinski definition) is 0. The molecule has 0 spiro atoms. The van der Waals surface area contributed by atoms with Crippen molar-refractivity contribution in [2.75, 3.05) is 39.3 Å². The fraction of sp³-hybridized carbons (Fsp3) is 0.500. The van der Waals surface area contributed by atoms with Crippen molar-refractivity contribution >= 4 is 5.91 Å². The third kappa shape index (κ3) is 4.76. The van der Waals surface area contributed by atoms with Crippen molar-refractivity contribution in [3.8, 4) is 11.8 Å². The highest BCUT2D eigenvalue weighted by atomic mass is 16.5. The highest BCUT2D eigenvalue weighted by Gasteiger charge is 2.16. The third-order valence-electron chi connectivity index (χ3n) is 3.67. The second kappa shape index (κ2) is 7.65. The maximum absolute atomic E-state index is 11.4. The van der Waals surface area contributed by atoms with E-state index in [4.69, 9.17) is 10.00 Å². The Hall–Kier alpha value is -2.06. The van der Waals surface area contributed by atoms with Gasteiger partial charge >= 0.3 is 0 Å². The molecule has 1 heterocycles. The van der Waals surface area contributed by atoms with Crippen molar-refractivity contribution in [3.05, 3.63) is 29.8 Å². The van der Waals surface area contributed by atoms with Gasteiger partial charge in [0.1, 0.15) is 12.4 Å². The lowest BCUT2D eigenvalue weighted by atomic mass is 10.2. The molecule has 2 rings (SSSR count). The zero-order chi connectivity index (χ0) is 15.1. The van der Waals surface area contributed by atoms with Crippen LogP contribution in [0, 0.1) is 11.3 Å². The zero-order valence-corrected chi connectivity index (χ0v) is 12.4. The number of carbonyl (C=O) groups excluding carboxylic acids is 1. The molecule has 1 amide bonds. The number of nitriles is 1. The summed E-state index contributed by atoms with van der Waals surface area (Å²) in [6.45, 7) is 6.57. The Labute approximate surface area is 125 Å². The van der Waals surface area contributed by atoms with Crippen molar-refractivity contribution in [2.45, 2.75) is 13.3 Å². The van der Waals surface area contributed by atoms with E-state index in [1.54, 1.807) is 19.1 Å². The van der Waals surface area contributed by atoms with E-state index in [9.17, 15) is 4.79 Å². The Morgan fingerprint density at radius 3 is 2.95 bits per heavy atom. The van der Waals surface area contributed by atoms with Gasteiger partial charge in [-0.15, -0.1) is 0 Å². The van der Waals surface area contributed by atoms with E-state index in [1.165, 1.54) is 0 Å². The monoisotopic (exact) mass is 287 g/mol. The normalized spacial score (nSPS) is 16.1. The van der Waals surface area contributed by atoms with Crippen LogP contribution in [-0.4, -0.2) is 55.0 Å². The smallest absolute Gasteiger partial charge is 0.219 e. The van der Waals surface area contributed by atoms with Crippen LogP contribution in [0.5, 0.6) is 5.75 Å². The van der Waals surface area contributed by atoms with Crippen LogP contribution in [0.25, 0.3) is 0 Å². The van der Waals surface area contributed by atoms with Gasteiger partial charge in [0, 0.05) is 39.6 Å². The molecule has 112 valence electrons. The predicted octanol–water partition coefficient (Wildman–Crippen LogP) is 1.49. The Morgan fingerprint density at radius 1 is 1.33 bits per heavy atom. The summed E-state index contributed by atoms with van der Waals surface area (Å²) in [4.78, 5) is 15.6. The summed E-state index contributed by atoms with van der Waals surface area (Å²) in [6.07, 6.45) is 1.00. The molecule has 1 saturated heterocycles. The van der Waals surface area contributed by atoms with Gasteiger partial charge in [-0.1, -0.05) is 6.07 Å². The summed E-state index contributed by atoms with van der Waals surface area (Å²) < 4.78 is 5.69. The molecular formula is C16H21N3O2. The quantitative estimate of drug-likeness (QED) is 0.842. The maximum atomic E-state index is 11.4. The number of nitrogens with zero attached hydrogens (tertiary/aromatic N) is 3. The highest BCUT2D eigenvalue weighted by molar-refractivity contribution is 5.73. The SMILES string of the molecule is CC(=O)N1CCCN(CCOc2cccc(C#N)c2)CC1. The molecule has 0 saturated carbocycles. The maximum Gasteiger partial charge on any atom is 0.219 e. The molecule has 1 aliphatic heterocycles. The van der Waals surface area contributed by atoms with Crippen molar-refractivity contribution in [1.82, 2.24) is 9.80 Å². The van der Waals surface area contributed by atoms with Gasteiger partial charge in [0.05, 0.1) is 11.6 Å². The van der Waals surface area contributed by atoms with Gasteiger partial charge in [0.25, 0.3) is 0 Å². The van der Waals surface area contributed by atoms with E-state index in [-0.39, 0.29) is 5.91 Å². The second-order valence-electron chi connectivity index (χ2n) is 5.19. The molecule has 0 atom stereocenters. The number of amides is 1. The number of rotatable bonds is 4. The first-order valence-corrected chi connectivity index (χ1v) is 7.30. The minimum atomic E-state index is 0.154. The van der Waals surface area contributed by atoms with E-state index < -0.39 is 0 Å². The predicted molar refractivity (Wildman–Crippen MR) is 80.0 cm³/mol. The highest BCUT2D eigenvalue weighted by Crippen LogP contribution is 2.12. The van der Waals surface area contributed by atoms with Crippen LogP contribution < -0.4 is 4.74 Å². The average molecular weight is 287 g/mol. The van der Waals surface area contributed by atoms with E-state index in [2.05, 4.69) is 11.0 Å². The van der Waals surface area contributed by atoms with E-state index >= 15 is 0 Å². The number of benzene rings is 1. The molecule has 0 unspecified atom stereocenters. The molecule has 1 aromatic rings. The summed E-state index contributed by atoms with van der Waals surface area (Å²) in [5.74, 6) is 0.885. The van der Waals surface area contributed by atoms with Crippen molar-refractivity contribution in [3.63, 3.8) is 0 Å². The van der Waals surface area contributed by atoms with Gasteiger partial charge < -0.3 is 9.64 Å². The molecule has 1 fully saturated rings. The number of carbonyl (C=O) groups is 1. The topological polar surface area (TPSA) is 56.6 Å². The Kier molecular flexibility index (Phi) is 5.59. The first-order chi connectivity index (χ1) is 10.2. The molecule has 0 aromatic heterocycles. The molecule has 5 nitrogen and oxygen atoms in total. The van der Waals surface area contributed by atoms with Crippen LogP contribution in [0.15, 0.2) is 24.3 Å². The number of hydrogen-bond acceptors (Lipinski definition) is 4. The fourth-order valence-electron chi connectivity index (χ4n) is 2.46. The van der Waals surface area contributed by atoms with Crippen molar-refractivity contribution in [1.29, 1.82) is 5.26 Å². The van der Waals surface area contributed by atoms with Gasteiger partial charge in [0.15, 0.2) is 0 Å². The molecule has 0 radical (unpaired) electrons. The standard InChI is InChI=1S/C16H21N3O2/c1-14(20)19-7-3-6-18(8-9-19)10-11-21-16-5-2-4-15(12-16)13-17/h2,4-5,12H,3,6-11H2,1H3. The summed E-state index contributed by atoms with van der Waals surface area (Å²) in [5.41, 5.74) is 0.611. The van der Waals surface area contributed by atoms with E-state index in [0.29, 0.717) is 12.2 Å². The largest absolute Gasteiger partial charge is 0.492 e. The molecule has 1 aliphatic rings. The molecule has 5 heteroatoms. The van der Waals surface area contributed by atoms with Crippen molar-refractivity contribution < 1.29 is 9.53 Å². The first-order valence-electron chi connectivity index (χ1n) is 7.30. The van der Waals surface area contributed by atoms with Crippen LogP contribution in [0.1, 0.15) is 18.9 Å². The average Bonchev–Trinajstić information content (AvgIpc) is 2.73. The van der Waals surface area contributed by atoms with Crippen LogP contribution >= 0.6 is 0 Å². The number of ether oxygens (including phenoxy) is 1. The van der Waals surface area contributed by atoms with Crippen LogP contribution in [-0.2, 0) is 4.79 Å². The van der Waals surface area contributed by atoms with E-state index in [0.717, 1.165) is 44.9 Å². The lowest BCUT2D eigenvalue weighted by Crippen LogP contribution is -2.35. The molecule has 21 heavy (non-hydrogen) atoms. The summed E-state index contributed by atoms with van der Waals surface area (Å²) in [6, 6.07) is 9.30. The third-order valence-corrected chi connectivity index (χ3v) is 3.67. The molecule has 1 aromatic carbocycles. The summed E-state index contributed by atoms with van der Waals surface area (Å²) in [7, 11) is 0. The molecule has 0 bridgehead atoms. The Balaban J connectivity index is 1.76. The van der Waals surface area contributed by atoms with Crippen LogP contribution in [0.4, 0.5) is 0 Å². The molecule has 0 aliphatic carbocycles. The van der Waals surface area contributed by atoms with Crippen molar-refractivity contribution in [2.24, 2.45) is 0 Å². The second-order valence-corrected chi connectivity index (χ2v) is 5.19. The zero-order valence-electron chi connectivity index (χ0n) is 12.4. The van der Waals surface area contributed by atoms with Gasteiger partial charge in [-0.25, -0.2) is 0 Å². The molecule has 0 N–H and O–H groups in total. The lowest BCUT2D eigenvalue weighted by Gasteiger charge is -2.21. The lowest BCUT2D eigenvalue weighted by molar-refractivity contribution is -0.128. The minimum Gasteiger partial charge on any atom is -0.492 e. The fourth-order valence-corrected chi connectivity index (χ4v) is 2.46. The summed E-state index contributed by atoms with van der Waals surface area (Å²) in [5, 5.41) is 8.85. The summed E-state index contributed by atoms with van der Waals surface area (Å²) >= 11 is 0. The van der Waals surface area contributed by atoms with Gasteiger partial charge in [-0.3, -0.25) is 9.69 Å². The molecular weight excluding hydrogens is 266 g/mol. The Morgan fingerprint density at radius 2 is 2.19 bits per heavy atom. The first kappa shape index (κ1) is 15.3.